The van der Waals surface area contributed by atoms with Crippen molar-refractivity contribution in [3.63, 3.8) is 0 Å². The standard InChI is InChI=1S/C28H36ClNO7S/c1-26(2,3)36-24(31)19-28(15-16-30(17-18-38(28,33)34)25(32)37-27(4,5)6)20-7-11-22(12-8-20)35-23-13-9-21(29)10-14-23/h7-14H,15-19H2,1-6H3. The molecular formula is C28H36ClNO7S. The maximum atomic E-state index is 13.9. The van der Waals surface area contributed by atoms with Crippen molar-refractivity contribution in [2.75, 3.05) is 18.8 Å². The van der Waals surface area contributed by atoms with E-state index >= 15 is 0 Å². The molecule has 0 aliphatic carbocycles. The third kappa shape index (κ3) is 7.63. The molecule has 10 heteroatoms. The Morgan fingerprint density at radius 1 is 0.868 bits per heavy atom. The zero-order chi connectivity index (χ0) is 28.4. The number of carbonyl (C=O) groups excluding carboxylic acids is 2. The van der Waals surface area contributed by atoms with Gasteiger partial charge in [0.15, 0.2) is 9.84 Å². The van der Waals surface area contributed by atoms with Gasteiger partial charge in [0.1, 0.15) is 27.4 Å². The van der Waals surface area contributed by atoms with Crippen molar-refractivity contribution >= 4 is 33.5 Å². The van der Waals surface area contributed by atoms with Crippen LogP contribution in [0, 0.1) is 0 Å². The molecule has 0 aromatic heterocycles. The molecule has 1 fully saturated rings. The van der Waals surface area contributed by atoms with Gasteiger partial charge in [-0.25, -0.2) is 13.2 Å². The fourth-order valence-electron chi connectivity index (χ4n) is 4.22. The van der Waals surface area contributed by atoms with Crippen LogP contribution in [0.4, 0.5) is 4.79 Å². The summed E-state index contributed by atoms with van der Waals surface area (Å²) in [4.78, 5) is 27.2. The number of sulfone groups is 1. The summed E-state index contributed by atoms with van der Waals surface area (Å²) in [6, 6.07) is 13.5. The third-order valence-electron chi connectivity index (χ3n) is 5.94. The first-order valence-electron chi connectivity index (χ1n) is 12.5. The van der Waals surface area contributed by atoms with E-state index in [1.165, 1.54) is 4.90 Å². The summed E-state index contributed by atoms with van der Waals surface area (Å²) >= 11 is 5.94. The fourth-order valence-corrected chi connectivity index (χ4v) is 6.43. The van der Waals surface area contributed by atoms with E-state index in [1.807, 2.05) is 0 Å². The second-order valence-electron chi connectivity index (χ2n) is 11.4. The average Bonchev–Trinajstić information content (AvgIpc) is 2.90. The second kappa shape index (κ2) is 11.1. The molecule has 0 bridgehead atoms. The lowest BCUT2D eigenvalue weighted by Gasteiger charge is -2.33. The first-order chi connectivity index (χ1) is 17.5. The number of amides is 1. The molecule has 1 atom stereocenters. The monoisotopic (exact) mass is 565 g/mol. The Hall–Kier alpha value is -2.78. The summed E-state index contributed by atoms with van der Waals surface area (Å²) < 4.78 is 43.0. The van der Waals surface area contributed by atoms with Gasteiger partial charge in [-0.05, 0) is 89.9 Å². The minimum absolute atomic E-state index is 0.00517. The Labute approximate surface area is 230 Å². The molecule has 2 aromatic rings. The van der Waals surface area contributed by atoms with Crippen LogP contribution in [0.3, 0.4) is 0 Å². The van der Waals surface area contributed by atoms with Crippen LogP contribution in [-0.2, 0) is 28.9 Å². The molecule has 38 heavy (non-hydrogen) atoms. The van der Waals surface area contributed by atoms with Crippen LogP contribution in [-0.4, -0.2) is 55.4 Å². The predicted molar refractivity (Wildman–Crippen MR) is 146 cm³/mol. The fraction of sp³-hybridized carbons (Fsp3) is 0.500. The van der Waals surface area contributed by atoms with E-state index in [0.717, 1.165) is 0 Å². The third-order valence-corrected chi connectivity index (χ3v) is 8.69. The largest absolute Gasteiger partial charge is 0.460 e. The Balaban J connectivity index is 1.97. The van der Waals surface area contributed by atoms with Crippen LogP contribution < -0.4 is 4.74 Å². The van der Waals surface area contributed by atoms with Gasteiger partial charge in [-0.1, -0.05) is 23.7 Å². The van der Waals surface area contributed by atoms with Gasteiger partial charge in [-0.2, -0.15) is 0 Å². The van der Waals surface area contributed by atoms with Crippen LogP contribution >= 0.6 is 11.6 Å². The summed E-state index contributed by atoms with van der Waals surface area (Å²) in [6.45, 7) is 10.5. The molecule has 0 radical (unpaired) electrons. The van der Waals surface area contributed by atoms with Crippen molar-refractivity contribution in [3.8, 4) is 11.5 Å². The van der Waals surface area contributed by atoms with Gasteiger partial charge >= 0.3 is 12.1 Å². The normalized spacial score (nSPS) is 19.8. The Morgan fingerprint density at radius 2 is 1.39 bits per heavy atom. The SMILES string of the molecule is CC(C)(C)OC(=O)CC1(c2ccc(Oc3ccc(Cl)cc3)cc2)CCN(C(=O)OC(C)(C)C)CCS1(=O)=O. The van der Waals surface area contributed by atoms with Gasteiger partial charge in [0, 0.05) is 18.1 Å². The highest BCUT2D eigenvalue weighted by Gasteiger charge is 2.50. The molecule has 0 saturated carbocycles. The quantitative estimate of drug-likeness (QED) is 0.403. The van der Waals surface area contributed by atoms with E-state index in [2.05, 4.69) is 0 Å². The van der Waals surface area contributed by atoms with Gasteiger partial charge in [-0.15, -0.1) is 0 Å². The molecule has 1 saturated heterocycles. The van der Waals surface area contributed by atoms with Crippen molar-refractivity contribution in [1.29, 1.82) is 0 Å². The van der Waals surface area contributed by atoms with Gasteiger partial charge < -0.3 is 19.1 Å². The number of carbonyl (C=O) groups is 2. The number of nitrogens with zero attached hydrogens (tertiary/aromatic N) is 1. The molecule has 1 aliphatic rings. The van der Waals surface area contributed by atoms with Gasteiger partial charge in [-0.3, -0.25) is 4.79 Å². The number of hydrogen-bond acceptors (Lipinski definition) is 7. The molecule has 1 amide bonds. The molecule has 1 unspecified atom stereocenters. The Morgan fingerprint density at radius 3 is 1.92 bits per heavy atom. The molecule has 1 aliphatic heterocycles. The maximum Gasteiger partial charge on any atom is 0.410 e. The second-order valence-corrected chi connectivity index (χ2v) is 14.2. The lowest BCUT2D eigenvalue weighted by atomic mass is 9.90. The highest BCUT2D eigenvalue weighted by atomic mass is 35.5. The molecule has 0 N–H and O–H groups in total. The van der Waals surface area contributed by atoms with Crippen LogP contribution in [0.1, 0.15) is 59.9 Å². The first kappa shape index (κ1) is 29.8. The summed E-state index contributed by atoms with van der Waals surface area (Å²) in [5.74, 6) is 0.108. The lowest BCUT2D eigenvalue weighted by Crippen LogP contribution is -2.41. The summed E-state index contributed by atoms with van der Waals surface area (Å²) in [5, 5.41) is 0.579. The number of ether oxygens (including phenoxy) is 3. The summed E-state index contributed by atoms with van der Waals surface area (Å²) in [5.41, 5.74) is -1.08. The van der Waals surface area contributed by atoms with Crippen LogP contribution in [0.25, 0.3) is 0 Å². The van der Waals surface area contributed by atoms with Crippen molar-refractivity contribution < 1.29 is 32.2 Å². The van der Waals surface area contributed by atoms with E-state index < -0.39 is 37.8 Å². The zero-order valence-corrected chi connectivity index (χ0v) is 24.3. The van der Waals surface area contributed by atoms with E-state index in [-0.39, 0.29) is 31.7 Å². The Bertz CT molecular complexity index is 1250. The summed E-state index contributed by atoms with van der Waals surface area (Å²) in [6.07, 6.45) is -0.968. The zero-order valence-electron chi connectivity index (χ0n) is 22.7. The number of rotatable bonds is 5. The minimum atomic E-state index is -3.92. The van der Waals surface area contributed by atoms with Crippen molar-refractivity contribution in [2.24, 2.45) is 0 Å². The molecule has 0 spiro atoms. The highest BCUT2D eigenvalue weighted by Crippen LogP contribution is 2.42. The van der Waals surface area contributed by atoms with E-state index in [0.29, 0.717) is 22.1 Å². The maximum absolute atomic E-state index is 13.9. The smallest absolute Gasteiger partial charge is 0.410 e. The van der Waals surface area contributed by atoms with Crippen molar-refractivity contribution in [3.05, 3.63) is 59.1 Å². The predicted octanol–water partition coefficient (Wildman–Crippen LogP) is 6.12. The summed E-state index contributed by atoms with van der Waals surface area (Å²) in [7, 11) is -3.92. The topological polar surface area (TPSA) is 99.2 Å². The molecular weight excluding hydrogens is 530 g/mol. The van der Waals surface area contributed by atoms with Crippen LogP contribution in [0.5, 0.6) is 11.5 Å². The van der Waals surface area contributed by atoms with Gasteiger partial charge in [0.05, 0.1) is 12.2 Å². The van der Waals surface area contributed by atoms with Gasteiger partial charge in [0.2, 0.25) is 0 Å². The number of esters is 1. The molecule has 2 aromatic carbocycles. The molecule has 1 heterocycles. The first-order valence-corrected chi connectivity index (χ1v) is 14.5. The number of halogens is 1. The van der Waals surface area contributed by atoms with Gasteiger partial charge in [0.25, 0.3) is 0 Å². The number of hydrogen-bond donors (Lipinski definition) is 0. The molecule has 3 rings (SSSR count). The van der Waals surface area contributed by atoms with Crippen LogP contribution in [0.15, 0.2) is 48.5 Å². The van der Waals surface area contributed by atoms with E-state index in [9.17, 15) is 18.0 Å². The van der Waals surface area contributed by atoms with Crippen molar-refractivity contribution in [2.45, 2.75) is 70.3 Å². The minimum Gasteiger partial charge on any atom is -0.460 e. The molecule has 8 nitrogen and oxygen atoms in total. The average molecular weight is 566 g/mol. The molecule has 208 valence electrons. The Kier molecular flexibility index (Phi) is 8.73. The highest BCUT2D eigenvalue weighted by molar-refractivity contribution is 7.92. The lowest BCUT2D eigenvalue weighted by molar-refractivity contribution is -0.155. The van der Waals surface area contributed by atoms with E-state index in [1.54, 1.807) is 90.1 Å². The van der Waals surface area contributed by atoms with Crippen molar-refractivity contribution in [1.82, 2.24) is 4.90 Å². The van der Waals surface area contributed by atoms with Crippen LogP contribution in [0.2, 0.25) is 5.02 Å². The number of benzene rings is 2. The van der Waals surface area contributed by atoms with E-state index in [4.69, 9.17) is 25.8 Å².